The van der Waals surface area contributed by atoms with Gasteiger partial charge in [-0.1, -0.05) is 18.2 Å². The number of carbonyl (C=O) groups excluding carboxylic acids is 1. The van der Waals surface area contributed by atoms with Gasteiger partial charge in [0.2, 0.25) is 5.91 Å². The molecule has 0 atom stereocenters. The molecule has 0 unspecified atom stereocenters. The van der Waals surface area contributed by atoms with Gasteiger partial charge in [-0.05, 0) is 38.3 Å². The molecule has 0 aromatic heterocycles. The lowest BCUT2D eigenvalue weighted by Gasteiger charge is -2.38. The van der Waals surface area contributed by atoms with E-state index in [1.807, 2.05) is 12.1 Å². The van der Waals surface area contributed by atoms with Gasteiger partial charge in [-0.3, -0.25) is 4.79 Å². The molecule has 1 saturated heterocycles. The van der Waals surface area contributed by atoms with Crippen molar-refractivity contribution in [2.24, 2.45) is 0 Å². The average Bonchev–Trinajstić information content (AvgIpc) is 2.74. The molecular weight excluding hydrogens is 236 g/mol. The first-order chi connectivity index (χ1) is 9.16. The van der Waals surface area contributed by atoms with Crippen molar-refractivity contribution in [2.75, 3.05) is 18.0 Å². The van der Waals surface area contributed by atoms with Gasteiger partial charge in [-0.15, -0.1) is 0 Å². The number of fused-ring (bicyclic) bond motifs is 1. The maximum Gasteiger partial charge on any atom is 0.231 e. The van der Waals surface area contributed by atoms with Gasteiger partial charge < -0.3 is 9.80 Å². The Hall–Kier alpha value is -1.35. The van der Waals surface area contributed by atoms with E-state index in [1.165, 1.54) is 5.56 Å². The number of likely N-dealkylation sites (tertiary alicyclic amines) is 1. The van der Waals surface area contributed by atoms with E-state index in [1.54, 1.807) is 0 Å². The van der Waals surface area contributed by atoms with E-state index < -0.39 is 0 Å². The van der Waals surface area contributed by atoms with Crippen LogP contribution in [0, 0.1) is 0 Å². The van der Waals surface area contributed by atoms with E-state index in [0.717, 1.165) is 31.6 Å². The van der Waals surface area contributed by atoms with Crippen LogP contribution in [-0.4, -0.2) is 36.0 Å². The predicted octanol–water partition coefficient (Wildman–Crippen LogP) is 2.45. The van der Waals surface area contributed by atoms with Gasteiger partial charge in [0, 0.05) is 30.9 Å². The Balaban J connectivity index is 1.75. The lowest BCUT2D eigenvalue weighted by atomic mass is 10.0. The molecule has 102 valence electrons. The number of nitrogens with zero attached hydrogens (tertiary/aromatic N) is 2. The van der Waals surface area contributed by atoms with Crippen LogP contribution in [0.25, 0.3) is 0 Å². The third-order valence-electron chi connectivity index (χ3n) is 4.46. The van der Waals surface area contributed by atoms with Crippen LogP contribution in [0.15, 0.2) is 24.3 Å². The second-order valence-electron chi connectivity index (χ2n) is 5.93. The van der Waals surface area contributed by atoms with Crippen molar-refractivity contribution < 1.29 is 4.79 Å². The second-order valence-corrected chi connectivity index (χ2v) is 5.93. The third-order valence-corrected chi connectivity index (χ3v) is 4.46. The monoisotopic (exact) mass is 258 g/mol. The van der Waals surface area contributed by atoms with Crippen LogP contribution < -0.4 is 4.90 Å². The Labute approximate surface area is 115 Å². The molecule has 2 aliphatic rings. The summed E-state index contributed by atoms with van der Waals surface area (Å²) in [6.07, 6.45) is 2.77. The maximum absolute atomic E-state index is 12.3. The summed E-state index contributed by atoms with van der Waals surface area (Å²) in [5, 5.41) is 0. The van der Waals surface area contributed by atoms with Crippen LogP contribution in [0.4, 0.5) is 5.69 Å². The Morgan fingerprint density at radius 3 is 2.53 bits per heavy atom. The van der Waals surface area contributed by atoms with Crippen molar-refractivity contribution >= 4 is 11.6 Å². The zero-order chi connectivity index (χ0) is 13.4. The normalized spacial score (nSPS) is 21.2. The zero-order valence-corrected chi connectivity index (χ0v) is 11.8. The predicted molar refractivity (Wildman–Crippen MR) is 77.4 cm³/mol. The lowest BCUT2D eigenvalue weighted by molar-refractivity contribution is -0.118. The summed E-state index contributed by atoms with van der Waals surface area (Å²) in [4.78, 5) is 16.8. The van der Waals surface area contributed by atoms with Gasteiger partial charge in [0.1, 0.15) is 0 Å². The Morgan fingerprint density at radius 1 is 1.16 bits per heavy atom. The standard InChI is InChI=1S/C16H22N2O/c1-12(2)17-9-7-14(8-10-17)18-15-6-4-3-5-13(15)11-16(18)19/h3-6,12,14H,7-11H2,1-2H3. The van der Waals surface area contributed by atoms with Crippen molar-refractivity contribution in [3.63, 3.8) is 0 Å². The molecule has 2 heterocycles. The molecule has 1 aromatic carbocycles. The van der Waals surface area contributed by atoms with Crippen LogP contribution in [-0.2, 0) is 11.2 Å². The number of rotatable bonds is 2. The Bertz CT molecular complexity index is 475. The van der Waals surface area contributed by atoms with E-state index in [4.69, 9.17) is 0 Å². The number of para-hydroxylation sites is 1. The van der Waals surface area contributed by atoms with Crippen molar-refractivity contribution in [3.05, 3.63) is 29.8 Å². The Morgan fingerprint density at radius 2 is 1.84 bits per heavy atom. The molecule has 0 saturated carbocycles. The van der Waals surface area contributed by atoms with Crippen molar-refractivity contribution in [3.8, 4) is 0 Å². The summed E-state index contributed by atoms with van der Waals surface area (Å²) >= 11 is 0. The van der Waals surface area contributed by atoms with E-state index in [9.17, 15) is 4.79 Å². The molecule has 3 nitrogen and oxygen atoms in total. The van der Waals surface area contributed by atoms with E-state index in [2.05, 4.69) is 35.8 Å². The molecule has 3 heteroatoms. The molecule has 1 amide bonds. The van der Waals surface area contributed by atoms with Crippen LogP contribution in [0.5, 0.6) is 0 Å². The number of piperidine rings is 1. The SMILES string of the molecule is CC(C)N1CCC(N2C(=O)Cc3ccccc32)CC1. The summed E-state index contributed by atoms with van der Waals surface area (Å²) in [5.41, 5.74) is 2.34. The first-order valence-corrected chi connectivity index (χ1v) is 7.31. The van der Waals surface area contributed by atoms with Gasteiger partial charge in [-0.2, -0.15) is 0 Å². The van der Waals surface area contributed by atoms with Gasteiger partial charge in [0.25, 0.3) is 0 Å². The maximum atomic E-state index is 12.3. The summed E-state index contributed by atoms with van der Waals surface area (Å²) < 4.78 is 0. The molecule has 0 aliphatic carbocycles. The topological polar surface area (TPSA) is 23.6 Å². The van der Waals surface area contributed by atoms with Crippen molar-refractivity contribution in [2.45, 2.75) is 45.2 Å². The first-order valence-electron chi connectivity index (χ1n) is 7.31. The number of hydrogen-bond acceptors (Lipinski definition) is 2. The highest BCUT2D eigenvalue weighted by Crippen LogP contribution is 2.33. The minimum atomic E-state index is 0.282. The molecule has 0 radical (unpaired) electrons. The van der Waals surface area contributed by atoms with Gasteiger partial charge in [0.05, 0.1) is 6.42 Å². The van der Waals surface area contributed by atoms with Crippen molar-refractivity contribution in [1.82, 2.24) is 4.90 Å². The molecule has 2 aliphatic heterocycles. The number of benzene rings is 1. The summed E-state index contributed by atoms with van der Waals surface area (Å²) in [5.74, 6) is 0.282. The molecular formula is C16H22N2O. The highest BCUT2D eigenvalue weighted by molar-refractivity contribution is 6.01. The molecule has 0 spiro atoms. The minimum absolute atomic E-state index is 0.282. The average molecular weight is 258 g/mol. The summed E-state index contributed by atoms with van der Waals surface area (Å²) in [6.45, 7) is 6.70. The van der Waals surface area contributed by atoms with E-state index in [0.29, 0.717) is 18.5 Å². The highest BCUT2D eigenvalue weighted by atomic mass is 16.2. The molecule has 0 N–H and O–H groups in total. The van der Waals surface area contributed by atoms with E-state index in [-0.39, 0.29) is 5.91 Å². The number of carbonyl (C=O) groups is 1. The largest absolute Gasteiger partial charge is 0.309 e. The van der Waals surface area contributed by atoms with E-state index >= 15 is 0 Å². The number of amides is 1. The van der Waals surface area contributed by atoms with Crippen LogP contribution in [0.2, 0.25) is 0 Å². The van der Waals surface area contributed by atoms with Crippen LogP contribution >= 0.6 is 0 Å². The summed E-state index contributed by atoms with van der Waals surface area (Å²) in [7, 11) is 0. The molecule has 3 rings (SSSR count). The summed E-state index contributed by atoms with van der Waals surface area (Å²) in [6, 6.07) is 9.24. The number of hydrogen-bond donors (Lipinski definition) is 0. The number of anilines is 1. The first kappa shape index (κ1) is 12.7. The fourth-order valence-electron chi connectivity index (χ4n) is 3.34. The lowest BCUT2D eigenvalue weighted by Crippen LogP contribution is -2.48. The Kier molecular flexibility index (Phi) is 3.31. The third kappa shape index (κ3) is 2.27. The quantitative estimate of drug-likeness (QED) is 0.813. The minimum Gasteiger partial charge on any atom is -0.309 e. The molecule has 0 bridgehead atoms. The highest BCUT2D eigenvalue weighted by Gasteiger charge is 2.34. The molecule has 19 heavy (non-hydrogen) atoms. The van der Waals surface area contributed by atoms with Crippen LogP contribution in [0.3, 0.4) is 0 Å². The zero-order valence-electron chi connectivity index (χ0n) is 11.8. The van der Waals surface area contributed by atoms with Crippen molar-refractivity contribution in [1.29, 1.82) is 0 Å². The smallest absolute Gasteiger partial charge is 0.231 e. The van der Waals surface area contributed by atoms with Gasteiger partial charge in [0.15, 0.2) is 0 Å². The van der Waals surface area contributed by atoms with Crippen LogP contribution in [0.1, 0.15) is 32.3 Å². The molecule has 1 aromatic rings. The van der Waals surface area contributed by atoms with Gasteiger partial charge in [-0.25, -0.2) is 0 Å². The van der Waals surface area contributed by atoms with Gasteiger partial charge >= 0.3 is 0 Å². The molecule has 1 fully saturated rings. The fraction of sp³-hybridized carbons (Fsp3) is 0.562. The second kappa shape index (κ2) is 4.97. The fourth-order valence-corrected chi connectivity index (χ4v) is 3.34.